The molecule has 2 unspecified atom stereocenters. The summed E-state index contributed by atoms with van der Waals surface area (Å²) in [5.74, 6) is 0.725. The molecule has 0 radical (unpaired) electrons. The Hall–Kier alpha value is 0.400. The largest absolute Gasteiger partial charge is 0.380 e. The predicted octanol–water partition coefficient (Wildman–Crippen LogP) is 2.91. The summed E-state index contributed by atoms with van der Waals surface area (Å²) in [7, 11) is 1.86. The van der Waals surface area contributed by atoms with E-state index in [-0.39, 0.29) is 0 Å². The standard InChI is InChI=1S/C13H24BrNO/c1-11-4-7-15(8-12(11)16-2)10-13(9-14)5-3-6-13/h11-12H,3-10H2,1-2H3. The summed E-state index contributed by atoms with van der Waals surface area (Å²) in [6.07, 6.45) is 5.96. The minimum absolute atomic E-state index is 0.446. The summed E-state index contributed by atoms with van der Waals surface area (Å²) < 4.78 is 5.58. The molecule has 0 amide bonds. The quantitative estimate of drug-likeness (QED) is 0.738. The molecule has 94 valence electrons. The van der Waals surface area contributed by atoms with Gasteiger partial charge < -0.3 is 9.64 Å². The Kier molecular flexibility index (Phi) is 4.31. The smallest absolute Gasteiger partial charge is 0.0724 e. The molecule has 2 rings (SSSR count). The van der Waals surface area contributed by atoms with Crippen LogP contribution < -0.4 is 0 Å². The number of piperidine rings is 1. The van der Waals surface area contributed by atoms with Crippen molar-refractivity contribution in [2.24, 2.45) is 11.3 Å². The summed E-state index contributed by atoms with van der Waals surface area (Å²) in [5, 5.41) is 1.17. The first kappa shape index (κ1) is 12.8. The van der Waals surface area contributed by atoms with E-state index in [1.807, 2.05) is 7.11 Å². The highest BCUT2D eigenvalue weighted by Crippen LogP contribution is 2.43. The van der Waals surface area contributed by atoms with Gasteiger partial charge in [0.15, 0.2) is 0 Å². The lowest BCUT2D eigenvalue weighted by Crippen LogP contribution is -2.50. The SMILES string of the molecule is COC1CN(CC2(CBr)CCC2)CCC1C. The molecule has 1 heterocycles. The van der Waals surface area contributed by atoms with E-state index in [0.29, 0.717) is 11.5 Å². The van der Waals surface area contributed by atoms with E-state index >= 15 is 0 Å². The van der Waals surface area contributed by atoms with Gasteiger partial charge in [0.05, 0.1) is 6.10 Å². The Balaban J connectivity index is 1.86. The Bertz CT molecular complexity index is 224. The van der Waals surface area contributed by atoms with Gasteiger partial charge in [-0.3, -0.25) is 0 Å². The van der Waals surface area contributed by atoms with Crippen LogP contribution in [0.2, 0.25) is 0 Å². The van der Waals surface area contributed by atoms with Crippen LogP contribution in [-0.2, 0) is 4.74 Å². The van der Waals surface area contributed by atoms with Crippen LogP contribution in [-0.4, -0.2) is 43.1 Å². The average molecular weight is 290 g/mol. The molecule has 2 fully saturated rings. The average Bonchev–Trinajstić information content (AvgIpc) is 2.25. The van der Waals surface area contributed by atoms with Gasteiger partial charge in [0.1, 0.15) is 0 Å². The summed E-state index contributed by atoms with van der Waals surface area (Å²) in [6, 6.07) is 0. The van der Waals surface area contributed by atoms with Crippen molar-refractivity contribution in [2.75, 3.05) is 32.1 Å². The van der Waals surface area contributed by atoms with Crippen molar-refractivity contribution >= 4 is 15.9 Å². The molecule has 1 saturated heterocycles. The number of methoxy groups -OCH3 is 1. The van der Waals surface area contributed by atoms with Crippen molar-refractivity contribution in [1.29, 1.82) is 0 Å². The van der Waals surface area contributed by atoms with Crippen LogP contribution in [0.15, 0.2) is 0 Å². The highest BCUT2D eigenvalue weighted by molar-refractivity contribution is 9.09. The van der Waals surface area contributed by atoms with Crippen molar-refractivity contribution in [3.05, 3.63) is 0 Å². The fourth-order valence-electron chi connectivity index (χ4n) is 3.03. The van der Waals surface area contributed by atoms with Crippen molar-refractivity contribution < 1.29 is 4.74 Å². The zero-order chi connectivity index (χ0) is 11.6. The Morgan fingerprint density at radius 2 is 2.19 bits per heavy atom. The lowest BCUT2D eigenvalue weighted by molar-refractivity contribution is -0.0252. The maximum Gasteiger partial charge on any atom is 0.0724 e. The number of hydrogen-bond acceptors (Lipinski definition) is 2. The van der Waals surface area contributed by atoms with Gasteiger partial charge in [-0.15, -0.1) is 0 Å². The van der Waals surface area contributed by atoms with Gasteiger partial charge in [-0.05, 0) is 37.1 Å². The number of nitrogens with zero attached hydrogens (tertiary/aromatic N) is 1. The van der Waals surface area contributed by atoms with Crippen LogP contribution in [0.4, 0.5) is 0 Å². The molecule has 0 spiro atoms. The topological polar surface area (TPSA) is 12.5 Å². The van der Waals surface area contributed by atoms with Crippen molar-refractivity contribution in [3.63, 3.8) is 0 Å². The zero-order valence-electron chi connectivity index (χ0n) is 10.5. The van der Waals surface area contributed by atoms with Gasteiger partial charge in [0.25, 0.3) is 0 Å². The zero-order valence-corrected chi connectivity index (χ0v) is 12.1. The summed E-state index contributed by atoms with van der Waals surface area (Å²) in [4.78, 5) is 2.62. The molecule has 1 aliphatic heterocycles. The third kappa shape index (κ3) is 2.62. The second-order valence-electron chi connectivity index (χ2n) is 5.76. The van der Waals surface area contributed by atoms with Gasteiger partial charge in [-0.25, -0.2) is 0 Å². The van der Waals surface area contributed by atoms with Gasteiger partial charge in [-0.2, -0.15) is 0 Å². The minimum atomic E-state index is 0.446. The fourth-order valence-corrected chi connectivity index (χ4v) is 3.77. The van der Waals surface area contributed by atoms with E-state index in [9.17, 15) is 0 Å². The number of ether oxygens (including phenoxy) is 1. The van der Waals surface area contributed by atoms with E-state index in [4.69, 9.17) is 4.74 Å². The van der Waals surface area contributed by atoms with Crippen molar-refractivity contribution in [3.8, 4) is 0 Å². The lowest BCUT2D eigenvalue weighted by Gasteiger charge is -2.46. The van der Waals surface area contributed by atoms with E-state index < -0.39 is 0 Å². The molecular weight excluding hydrogens is 266 g/mol. The third-order valence-corrected chi connectivity index (χ3v) is 5.72. The Morgan fingerprint density at radius 1 is 1.44 bits per heavy atom. The van der Waals surface area contributed by atoms with Crippen LogP contribution >= 0.6 is 15.9 Å². The van der Waals surface area contributed by atoms with Crippen molar-refractivity contribution in [1.82, 2.24) is 4.90 Å². The monoisotopic (exact) mass is 289 g/mol. The van der Waals surface area contributed by atoms with Crippen LogP contribution in [0.3, 0.4) is 0 Å². The number of halogens is 1. The number of likely N-dealkylation sites (tertiary alicyclic amines) is 1. The predicted molar refractivity (Wildman–Crippen MR) is 71.1 cm³/mol. The van der Waals surface area contributed by atoms with Gasteiger partial charge >= 0.3 is 0 Å². The normalized spacial score (nSPS) is 34.7. The minimum Gasteiger partial charge on any atom is -0.380 e. The Labute approximate surface area is 108 Å². The van der Waals surface area contributed by atoms with Crippen molar-refractivity contribution in [2.45, 2.75) is 38.7 Å². The van der Waals surface area contributed by atoms with Crippen LogP contribution in [0.1, 0.15) is 32.6 Å². The molecule has 3 heteroatoms. The molecule has 0 aromatic rings. The van der Waals surface area contributed by atoms with Crippen LogP contribution in [0.5, 0.6) is 0 Å². The van der Waals surface area contributed by atoms with Crippen LogP contribution in [0.25, 0.3) is 0 Å². The maximum absolute atomic E-state index is 5.58. The second-order valence-corrected chi connectivity index (χ2v) is 6.32. The molecule has 1 saturated carbocycles. The summed E-state index contributed by atoms with van der Waals surface area (Å²) in [5.41, 5.74) is 0.582. The second kappa shape index (κ2) is 5.36. The van der Waals surface area contributed by atoms with Gasteiger partial charge in [0, 0.05) is 25.5 Å². The molecule has 0 aromatic carbocycles. The summed E-state index contributed by atoms with van der Waals surface area (Å²) >= 11 is 3.70. The Morgan fingerprint density at radius 3 is 2.69 bits per heavy atom. The van der Waals surface area contributed by atoms with Crippen LogP contribution in [0, 0.1) is 11.3 Å². The summed E-state index contributed by atoms with van der Waals surface area (Å²) in [6.45, 7) is 5.97. The molecule has 0 aromatic heterocycles. The number of alkyl halides is 1. The van der Waals surface area contributed by atoms with Gasteiger partial charge in [-0.1, -0.05) is 29.3 Å². The molecule has 0 N–H and O–H groups in total. The molecule has 2 atom stereocenters. The molecule has 1 aliphatic carbocycles. The highest BCUT2D eigenvalue weighted by Gasteiger charge is 2.39. The highest BCUT2D eigenvalue weighted by atomic mass is 79.9. The first-order valence-corrected chi connectivity index (χ1v) is 7.62. The molecule has 16 heavy (non-hydrogen) atoms. The fraction of sp³-hybridized carbons (Fsp3) is 1.00. The van der Waals surface area contributed by atoms with Gasteiger partial charge in [0.2, 0.25) is 0 Å². The molecule has 2 nitrogen and oxygen atoms in total. The first-order valence-electron chi connectivity index (χ1n) is 6.50. The molecule has 0 bridgehead atoms. The lowest BCUT2D eigenvalue weighted by atomic mass is 9.70. The molecule has 2 aliphatic rings. The van der Waals surface area contributed by atoms with E-state index in [0.717, 1.165) is 12.5 Å². The van der Waals surface area contributed by atoms with E-state index in [1.54, 1.807) is 0 Å². The van der Waals surface area contributed by atoms with E-state index in [2.05, 4.69) is 27.8 Å². The van der Waals surface area contributed by atoms with E-state index in [1.165, 1.54) is 44.1 Å². The maximum atomic E-state index is 5.58. The third-order valence-electron chi connectivity index (χ3n) is 4.53. The number of rotatable bonds is 4. The number of hydrogen-bond donors (Lipinski definition) is 0. The first-order chi connectivity index (χ1) is 7.69. The molecular formula is C13H24BrNO.